The maximum absolute atomic E-state index is 10.7. The molecule has 5 heteroatoms. The average Bonchev–Trinajstić information content (AvgIpc) is 2.80. The molecule has 2 unspecified atom stereocenters. The molecule has 0 amide bonds. The minimum atomic E-state index is -2.25. The molecule has 0 aliphatic heterocycles. The molecule has 0 radical (unpaired) electrons. The summed E-state index contributed by atoms with van der Waals surface area (Å²) in [5.41, 5.74) is 3.30. The summed E-state index contributed by atoms with van der Waals surface area (Å²) in [5, 5.41) is 0. The number of nitrogens with zero attached hydrogens (tertiary/aromatic N) is 1. The zero-order chi connectivity index (χ0) is 14.5. The van der Waals surface area contributed by atoms with E-state index in [4.69, 9.17) is 0 Å². The van der Waals surface area contributed by atoms with Crippen LogP contribution >= 0.6 is 0 Å². The van der Waals surface area contributed by atoms with Crippen molar-refractivity contribution in [1.82, 2.24) is 4.90 Å². The van der Waals surface area contributed by atoms with E-state index in [9.17, 15) is 8.76 Å². The minimum absolute atomic E-state index is 0.567. The molecular formula is C15H23N2O2S-. The molecule has 0 saturated carbocycles. The molecule has 2 atom stereocenters. The fourth-order valence-corrected chi connectivity index (χ4v) is 3.38. The lowest BCUT2D eigenvalue weighted by Gasteiger charge is -2.27. The first kappa shape index (κ1) is 15.5. The second-order valence-corrected chi connectivity index (χ2v) is 6.09. The van der Waals surface area contributed by atoms with Crippen LogP contribution in [0.4, 0.5) is 5.69 Å². The molecule has 2 rings (SSSR count). The SMILES string of the molecule is CCCN(CCC)C1Cc2ccc(NS(=O)[O-])cc2C1. The van der Waals surface area contributed by atoms with E-state index in [0.29, 0.717) is 11.7 Å². The van der Waals surface area contributed by atoms with Gasteiger partial charge in [-0.3, -0.25) is 9.11 Å². The predicted octanol–water partition coefficient (Wildman–Crippen LogP) is 2.48. The van der Waals surface area contributed by atoms with Crippen LogP contribution in [0.2, 0.25) is 0 Å². The molecule has 0 aromatic heterocycles. The van der Waals surface area contributed by atoms with Gasteiger partial charge in [0, 0.05) is 23.0 Å². The molecule has 1 aromatic carbocycles. The van der Waals surface area contributed by atoms with Gasteiger partial charge in [-0.25, -0.2) is 0 Å². The van der Waals surface area contributed by atoms with Gasteiger partial charge in [0.05, 0.1) is 0 Å². The lowest BCUT2D eigenvalue weighted by molar-refractivity contribution is 0.202. The van der Waals surface area contributed by atoms with Crippen LogP contribution in [0, 0.1) is 0 Å². The Balaban J connectivity index is 2.07. The van der Waals surface area contributed by atoms with Crippen molar-refractivity contribution in [2.24, 2.45) is 0 Å². The van der Waals surface area contributed by atoms with Gasteiger partial charge in [-0.2, -0.15) is 0 Å². The maximum atomic E-state index is 10.7. The zero-order valence-corrected chi connectivity index (χ0v) is 13.0. The summed E-state index contributed by atoms with van der Waals surface area (Å²) in [7, 11) is 0. The molecule has 1 aliphatic carbocycles. The summed E-state index contributed by atoms with van der Waals surface area (Å²) in [6, 6.07) is 6.45. The van der Waals surface area contributed by atoms with Crippen LogP contribution in [-0.4, -0.2) is 32.8 Å². The summed E-state index contributed by atoms with van der Waals surface area (Å²) in [4.78, 5) is 2.57. The number of fused-ring (bicyclic) bond motifs is 1. The summed E-state index contributed by atoms with van der Waals surface area (Å²) in [6.45, 7) is 6.72. The van der Waals surface area contributed by atoms with Crippen LogP contribution in [0.1, 0.15) is 37.8 Å². The largest absolute Gasteiger partial charge is 0.755 e. The number of benzene rings is 1. The van der Waals surface area contributed by atoms with Gasteiger partial charge in [0.15, 0.2) is 0 Å². The highest BCUT2D eigenvalue weighted by Crippen LogP contribution is 2.28. The van der Waals surface area contributed by atoms with E-state index in [-0.39, 0.29) is 0 Å². The van der Waals surface area contributed by atoms with Crippen molar-refractivity contribution in [3.63, 3.8) is 0 Å². The Morgan fingerprint density at radius 3 is 2.50 bits per heavy atom. The standard InChI is InChI=1S/C15H24N2O2S/c1-3-7-17(8-4-2)15-10-12-5-6-14(16-20(18)19)9-13(12)11-15/h5-6,9,15-16H,3-4,7-8,10-11H2,1-2H3,(H,18,19)/p-1. The van der Waals surface area contributed by atoms with Gasteiger partial charge in [0.25, 0.3) is 0 Å². The fraction of sp³-hybridized carbons (Fsp3) is 0.600. The van der Waals surface area contributed by atoms with Crippen LogP contribution in [0.5, 0.6) is 0 Å². The summed E-state index contributed by atoms with van der Waals surface area (Å²) >= 11 is -2.25. The van der Waals surface area contributed by atoms with Crippen LogP contribution in [0.25, 0.3) is 0 Å². The first-order valence-corrected chi connectivity index (χ1v) is 8.43. The molecule has 112 valence electrons. The Labute approximate surface area is 124 Å². The fourth-order valence-electron chi connectivity index (χ4n) is 3.06. The summed E-state index contributed by atoms with van der Waals surface area (Å²) in [6.07, 6.45) is 4.45. The van der Waals surface area contributed by atoms with Gasteiger partial charge in [-0.15, -0.1) is 0 Å². The Kier molecular flexibility index (Phi) is 5.57. The molecule has 0 spiro atoms. The molecule has 0 bridgehead atoms. The van der Waals surface area contributed by atoms with Gasteiger partial charge < -0.3 is 9.27 Å². The van der Waals surface area contributed by atoms with Crippen molar-refractivity contribution < 1.29 is 8.76 Å². The predicted molar refractivity (Wildman–Crippen MR) is 82.3 cm³/mol. The smallest absolute Gasteiger partial charge is 0.0455 e. The molecular weight excluding hydrogens is 272 g/mol. The van der Waals surface area contributed by atoms with Gasteiger partial charge in [-0.1, -0.05) is 19.9 Å². The summed E-state index contributed by atoms with van der Waals surface area (Å²) in [5.74, 6) is 0. The van der Waals surface area contributed by atoms with Crippen molar-refractivity contribution >= 4 is 17.0 Å². The van der Waals surface area contributed by atoms with Crippen molar-refractivity contribution in [3.8, 4) is 0 Å². The van der Waals surface area contributed by atoms with Crippen molar-refractivity contribution in [2.75, 3.05) is 17.8 Å². The van der Waals surface area contributed by atoms with Crippen molar-refractivity contribution in [2.45, 2.75) is 45.6 Å². The molecule has 0 heterocycles. The Morgan fingerprint density at radius 1 is 1.25 bits per heavy atom. The Hall–Kier alpha value is -0.910. The van der Waals surface area contributed by atoms with Gasteiger partial charge in [-0.05, 0) is 62.0 Å². The minimum Gasteiger partial charge on any atom is -0.755 e. The average molecular weight is 295 g/mol. The topological polar surface area (TPSA) is 55.4 Å². The number of nitrogens with one attached hydrogen (secondary N) is 1. The van der Waals surface area contributed by atoms with Crippen molar-refractivity contribution in [3.05, 3.63) is 29.3 Å². The van der Waals surface area contributed by atoms with Crippen LogP contribution in [0.15, 0.2) is 18.2 Å². The third-order valence-electron chi connectivity index (χ3n) is 3.86. The quantitative estimate of drug-likeness (QED) is 0.786. The van der Waals surface area contributed by atoms with E-state index in [1.165, 1.54) is 24.0 Å². The van der Waals surface area contributed by atoms with E-state index in [0.717, 1.165) is 25.9 Å². The second kappa shape index (κ2) is 7.20. The molecule has 1 aliphatic rings. The van der Waals surface area contributed by atoms with E-state index >= 15 is 0 Å². The highest BCUT2D eigenvalue weighted by atomic mass is 32.2. The van der Waals surface area contributed by atoms with Gasteiger partial charge in [0.2, 0.25) is 0 Å². The second-order valence-electron chi connectivity index (χ2n) is 5.42. The maximum Gasteiger partial charge on any atom is 0.0455 e. The molecule has 0 fully saturated rings. The normalized spacial score (nSPS) is 19.1. The van der Waals surface area contributed by atoms with Crippen LogP contribution < -0.4 is 4.72 Å². The molecule has 0 saturated heterocycles. The Bertz CT molecular complexity index is 473. The monoisotopic (exact) mass is 295 g/mol. The highest BCUT2D eigenvalue weighted by Gasteiger charge is 2.26. The van der Waals surface area contributed by atoms with Crippen LogP contribution in [-0.2, 0) is 24.1 Å². The number of hydrogen-bond donors (Lipinski definition) is 1. The van der Waals surface area contributed by atoms with E-state index in [1.54, 1.807) is 0 Å². The molecule has 4 nitrogen and oxygen atoms in total. The van der Waals surface area contributed by atoms with E-state index < -0.39 is 11.3 Å². The lowest BCUT2D eigenvalue weighted by atomic mass is 10.1. The highest BCUT2D eigenvalue weighted by molar-refractivity contribution is 7.80. The van der Waals surface area contributed by atoms with E-state index in [2.05, 4.69) is 29.5 Å². The van der Waals surface area contributed by atoms with Gasteiger partial charge >= 0.3 is 0 Å². The lowest BCUT2D eigenvalue weighted by Crippen LogP contribution is -2.37. The number of anilines is 1. The number of hydrogen-bond acceptors (Lipinski definition) is 3. The molecule has 1 N–H and O–H groups in total. The van der Waals surface area contributed by atoms with Crippen molar-refractivity contribution in [1.29, 1.82) is 0 Å². The summed E-state index contributed by atoms with van der Waals surface area (Å²) < 4.78 is 23.8. The zero-order valence-electron chi connectivity index (χ0n) is 12.2. The Morgan fingerprint density at radius 2 is 1.90 bits per heavy atom. The third kappa shape index (κ3) is 3.81. The van der Waals surface area contributed by atoms with E-state index in [1.807, 2.05) is 12.1 Å². The molecule has 1 aromatic rings. The third-order valence-corrected chi connectivity index (χ3v) is 4.26. The first-order chi connectivity index (χ1) is 9.63. The molecule has 20 heavy (non-hydrogen) atoms. The van der Waals surface area contributed by atoms with Crippen LogP contribution in [0.3, 0.4) is 0 Å². The number of rotatable bonds is 7. The first-order valence-electron chi connectivity index (χ1n) is 7.35. The van der Waals surface area contributed by atoms with Gasteiger partial charge in [0.1, 0.15) is 0 Å².